The van der Waals surface area contributed by atoms with E-state index in [-0.39, 0.29) is 6.10 Å². The lowest BCUT2D eigenvalue weighted by Gasteiger charge is -2.13. The van der Waals surface area contributed by atoms with Gasteiger partial charge in [0.05, 0.1) is 6.61 Å². The van der Waals surface area contributed by atoms with Crippen molar-refractivity contribution in [2.45, 2.75) is 12.7 Å². The summed E-state index contributed by atoms with van der Waals surface area (Å²) in [6.07, 6.45) is 0.253. The van der Waals surface area contributed by atoms with E-state index in [1.165, 1.54) is 0 Å². The molecular weight excluding hydrogens is 288 g/mol. The maximum Gasteiger partial charge on any atom is 0.127 e. The van der Waals surface area contributed by atoms with Crippen LogP contribution in [-0.4, -0.2) is 19.3 Å². The number of hydrogen-bond donors (Lipinski definition) is 0. The van der Waals surface area contributed by atoms with Gasteiger partial charge in [0.15, 0.2) is 0 Å². The Morgan fingerprint density at radius 1 is 0.783 bits per heavy atom. The molecule has 4 rings (SSSR count). The highest BCUT2D eigenvalue weighted by Crippen LogP contribution is 2.34. The molecule has 23 heavy (non-hydrogen) atoms. The maximum absolute atomic E-state index is 6.02. The summed E-state index contributed by atoms with van der Waals surface area (Å²) in [6, 6.07) is 22.3. The van der Waals surface area contributed by atoms with Crippen LogP contribution in [0.3, 0.4) is 0 Å². The number of hydrogen-bond acceptors (Lipinski definition) is 3. The summed E-state index contributed by atoms with van der Waals surface area (Å²) >= 11 is 0. The van der Waals surface area contributed by atoms with Gasteiger partial charge in [0.25, 0.3) is 0 Å². The van der Waals surface area contributed by atoms with Gasteiger partial charge in [-0.1, -0.05) is 54.6 Å². The fourth-order valence-corrected chi connectivity index (χ4v) is 2.58. The number of epoxide rings is 1. The van der Waals surface area contributed by atoms with Crippen LogP contribution in [0.25, 0.3) is 10.8 Å². The summed E-state index contributed by atoms with van der Waals surface area (Å²) < 4.78 is 17.1. The summed E-state index contributed by atoms with van der Waals surface area (Å²) in [5.74, 6) is 1.75. The van der Waals surface area contributed by atoms with Gasteiger partial charge in [-0.25, -0.2) is 0 Å². The molecule has 3 nitrogen and oxygen atoms in total. The molecule has 0 amide bonds. The minimum Gasteiger partial charge on any atom is -0.490 e. The molecule has 3 aromatic carbocycles. The summed E-state index contributed by atoms with van der Waals surface area (Å²) in [5, 5.41) is 2.14. The third-order valence-electron chi connectivity index (χ3n) is 3.91. The lowest BCUT2D eigenvalue weighted by Crippen LogP contribution is -2.04. The van der Waals surface area contributed by atoms with E-state index in [0.717, 1.165) is 34.4 Å². The third kappa shape index (κ3) is 3.30. The van der Waals surface area contributed by atoms with Crippen molar-refractivity contribution in [1.29, 1.82) is 0 Å². The topological polar surface area (TPSA) is 31.0 Å². The van der Waals surface area contributed by atoms with Crippen molar-refractivity contribution < 1.29 is 14.2 Å². The number of fused-ring (bicyclic) bond motifs is 1. The standard InChI is InChI=1S/C20H18O3/c1-2-6-15(7-3-1)12-22-19-10-11-20(23-14-16-13-21-16)18-9-5-4-8-17(18)19/h1-11,16H,12-14H2/t16-/m0/s1. The van der Waals surface area contributed by atoms with E-state index >= 15 is 0 Å². The molecule has 1 aliphatic heterocycles. The highest BCUT2D eigenvalue weighted by molar-refractivity contribution is 5.93. The molecule has 1 aliphatic rings. The van der Waals surface area contributed by atoms with Gasteiger partial charge in [-0.05, 0) is 17.7 Å². The second-order valence-corrected chi connectivity index (χ2v) is 5.65. The summed E-state index contributed by atoms with van der Waals surface area (Å²) in [5.41, 5.74) is 1.16. The fourth-order valence-electron chi connectivity index (χ4n) is 2.58. The quantitative estimate of drug-likeness (QED) is 0.640. The first-order valence-corrected chi connectivity index (χ1v) is 7.83. The average Bonchev–Trinajstić information content (AvgIpc) is 3.44. The van der Waals surface area contributed by atoms with E-state index in [1.807, 2.05) is 42.5 Å². The van der Waals surface area contributed by atoms with E-state index < -0.39 is 0 Å². The largest absolute Gasteiger partial charge is 0.490 e. The minimum absolute atomic E-state index is 0.253. The second kappa shape index (κ2) is 6.31. The van der Waals surface area contributed by atoms with E-state index in [0.29, 0.717) is 13.2 Å². The van der Waals surface area contributed by atoms with Crippen molar-refractivity contribution in [3.8, 4) is 11.5 Å². The highest BCUT2D eigenvalue weighted by Gasteiger charge is 2.23. The Labute approximate surface area is 135 Å². The van der Waals surface area contributed by atoms with E-state index in [9.17, 15) is 0 Å². The first-order chi connectivity index (χ1) is 11.4. The molecule has 0 N–H and O–H groups in total. The fraction of sp³-hybridized carbons (Fsp3) is 0.200. The predicted octanol–water partition coefficient (Wildman–Crippen LogP) is 4.20. The molecule has 0 spiro atoms. The van der Waals surface area contributed by atoms with Crippen molar-refractivity contribution in [1.82, 2.24) is 0 Å². The molecule has 0 unspecified atom stereocenters. The zero-order chi connectivity index (χ0) is 15.5. The van der Waals surface area contributed by atoms with Crippen molar-refractivity contribution in [2.24, 2.45) is 0 Å². The molecule has 0 radical (unpaired) electrons. The molecule has 3 heteroatoms. The molecule has 0 aliphatic carbocycles. The maximum atomic E-state index is 6.02. The van der Waals surface area contributed by atoms with Crippen LogP contribution < -0.4 is 9.47 Å². The first kappa shape index (κ1) is 14.1. The van der Waals surface area contributed by atoms with Gasteiger partial charge in [-0.15, -0.1) is 0 Å². The van der Waals surface area contributed by atoms with Gasteiger partial charge in [-0.3, -0.25) is 0 Å². The number of ether oxygens (including phenoxy) is 3. The Morgan fingerprint density at radius 3 is 2.04 bits per heavy atom. The molecule has 1 atom stereocenters. The predicted molar refractivity (Wildman–Crippen MR) is 90.0 cm³/mol. The lowest BCUT2D eigenvalue weighted by molar-refractivity contribution is 0.265. The molecule has 0 aromatic heterocycles. The first-order valence-electron chi connectivity index (χ1n) is 7.83. The monoisotopic (exact) mass is 306 g/mol. The van der Waals surface area contributed by atoms with E-state index in [1.54, 1.807) is 0 Å². The Balaban J connectivity index is 1.58. The molecular formula is C20H18O3. The molecule has 1 heterocycles. The second-order valence-electron chi connectivity index (χ2n) is 5.65. The molecule has 1 fully saturated rings. The Morgan fingerprint density at radius 2 is 1.39 bits per heavy atom. The summed E-state index contributed by atoms with van der Waals surface area (Å²) in [7, 11) is 0. The van der Waals surface area contributed by atoms with Gasteiger partial charge in [0.2, 0.25) is 0 Å². The minimum atomic E-state index is 0.253. The van der Waals surface area contributed by atoms with Crippen LogP contribution in [0.1, 0.15) is 5.56 Å². The van der Waals surface area contributed by atoms with Crippen LogP contribution in [0.5, 0.6) is 11.5 Å². The SMILES string of the molecule is c1ccc(COc2ccc(OC[C@@H]3CO3)c3ccccc23)cc1. The van der Waals surface area contributed by atoms with Gasteiger partial charge in [-0.2, -0.15) is 0 Å². The molecule has 0 saturated carbocycles. The zero-order valence-corrected chi connectivity index (χ0v) is 12.8. The zero-order valence-electron chi connectivity index (χ0n) is 12.8. The molecule has 3 aromatic rings. The molecule has 116 valence electrons. The normalized spacial score (nSPS) is 16.3. The molecule has 1 saturated heterocycles. The Bertz CT molecular complexity index is 794. The summed E-state index contributed by atoms with van der Waals surface area (Å²) in [6.45, 7) is 1.96. The van der Waals surface area contributed by atoms with Crippen molar-refractivity contribution in [2.75, 3.05) is 13.2 Å². The van der Waals surface area contributed by atoms with Crippen LogP contribution >= 0.6 is 0 Å². The van der Waals surface area contributed by atoms with Gasteiger partial charge in [0.1, 0.15) is 30.8 Å². The van der Waals surface area contributed by atoms with E-state index in [4.69, 9.17) is 14.2 Å². The lowest BCUT2D eigenvalue weighted by atomic mass is 10.1. The van der Waals surface area contributed by atoms with Gasteiger partial charge < -0.3 is 14.2 Å². The smallest absolute Gasteiger partial charge is 0.127 e. The highest BCUT2D eigenvalue weighted by atomic mass is 16.6. The molecule has 0 bridgehead atoms. The number of rotatable bonds is 6. The van der Waals surface area contributed by atoms with E-state index in [2.05, 4.69) is 24.3 Å². The van der Waals surface area contributed by atoms with Crippen LogP contribution in [0, 0.1) is 0 Å². The Hall–Kier alpha value is -2.52. The van der Waals surface area contributed by atoms with Crippen molar-refractivity contribution in [3.05, 3.63) is 72.3 Å². The number of benzene rings is 3. The van der Waals surface area contributed by atoms with Crippen LogP contribution in [0.4, 0.5) is 0 Å². The van der Waals surface area contributed by atoms with Crippen LogP contribution in [0.2, 0.25) is 0 Å². The Kier molecular flexibility index (Phi) is 3.86. The van der Waals surface area contributed by atoms with Crippen LogP contribution in [0.15, 0.2) is 66.7 Å². The van der Waals surface area contributed by atoms with Crippen LogP contribution in [-0.2, 0) is 11.3 Å². The van der Waals surface area contributed by atoms with Gasteiger partial charge >= 0.3 is 0 Å². The van der Waals surface area contributed by atoms with Gasteiger partial charge in [0, 0.05) is 10.8 Å². The van der Waals surface area contributed by atoms with Crippen molar-refractivity contribution in [3.63, 3.8) is 0 Å². The summed E-state index contributed by atoms with van der Waals surface area (Å²) in [4.78, 5) is 0. The third-order valence-corrected chi connectivity index (χ3v) is 3.91. The van der Waals surface area contributed by atoms with Crippen molar-refractivity contribution >= 4 is 10.8 Å². The average molecular weight is 306 g/mol.